The summed E-state index contributed by atoms with van der Waals surface area (Å²) in [6.07, 6.45) is 1.41. The van der Waals surface area contributed by atoms with Gasteiger partial charge in [0, 0.05) is 43.4 Å². The number of nitrogens with one attached hydrogen (secondary N) is 1. The van der Waals surface area contributed by atoms with Crippen molar-refractivity contribution in [3.63, 3.8) is 0 Å². The van der Waals surface area contributed by atoms with Crippen LogP contribution in [0, 0.1) is 0 Å². The Kier molecular flexibility index (Phi) is 3.05. The highest BCUT2D eigenvalue weighted by Gasteiger charge is 2.11. The number of hydrogen-bond donors (Lipinski definition) is 2. The summed E-state index contributed by atoms with van der Waals surface area (Å²) in [5.74, 6) is -0.944. The molecule has 2 aromatic rings. The van der Waals surface area contributed by atoms with Crippen LogP contribution >= 0.6 is 0 Å². The standard InChI is InChI=1S/C14H15N3O2/c18-14(19)11-7-10-1-2-12(8-13(10)16-9-11)17-5-3-15-4-6-17/h1-2,7-9,15H,3-6H2,(H,18,19). The molecular weight excluding hydrogens is 242 g/mol. The maximum absolute atomic E-state index is 10.9. The van der Waals surface area contributed by atoms with E-state index in [2.05, 4.69) is 15.2 Å². The second kappa shape index (κ2) is 4.85. The van der Waals surface area contributed by atoms with Gasteiger partial charge in [-0.15, -0.1) is 0 Å². The molecule has 98 valence electrons. The Morgan fingerprint density at radius 2 is 2.05 bits per heavy atom. The number of anilines is 1. The average molecular weight is 257 g/mol. The molecule has 1 aliphatic rings. The van der Waals surface area contributed by atoms with Crippen molar-refractivity contribution in [1.29, 1.82) is 0 Å². The van der Waals surface area contributed by atoms with Crippen molar-refractivity contribution in [2.24, 2.45) is 0 Å². The number of piperazine rings is 1. The zero-order chi connectivity index (χ0) is 13.2. The van der Waals surface area contributed by atoms with E-state index in [0.717, 1.165) is 42.8 Å². The third-order valence-corrected chi connectivity index (χ3v) is 3.40. The molecule has 1 aromatic heterocycles. The molecule has 1 aliphatic heterocycles. The number of rotatable bonds is 2. The van der Waals surface area contributed by atoms with Crippen LogP contribution in [0.15, 0.2) is 30.5 Å². The van der Waals surface area contributed by atoms with Gasteiger partial charge in [0.05, 0.1) is 11.1 Å². The molecule has 0 unspecified atom stereocenters. The summed E-state index contributed by atoms with van der Waals surface area (Å²) < 4.78 is 0. The van der Waals surface area contributed by atoms with E-state index < -0.39 is 5.97 Å². The largest absolute Gasteiger partial charge is 0.478 e. The fraction of sp³-hybridized carbons (Fsp3) is 0.286. The van der Waals surface area contributed by atoms with Crippen molar-refractivity contribution >= 4 is 22.6 Å². The molecule has 0 aliphatic carbocycles. The van der Waals surface area contributed by atoms with Crippen LogP contribution in [0.3, 0.4) is 0 Å². The first-order valence-electron chi connectivity index (χ1n) is 6.33. The molecule has 0 amide bonds. The predicted molar refractivity (Wildman–Crippen MR) is 73.8 cm³/mol. The molecule has 5 nitrogen and oxygen atoms in total. The second-order valence-corrected chi connectivity index (χ2v) is 4.64. The molecule has 0 atom stereocenters. The molecule has 19 heavy (non-hydrogen) atoms. The number of carboxylic acid groups (broad SMARTS) is 1. The smallest absolute Gasteiger partial charge is 0.337 e. The van der Waals surface area contributed by atoms with Gasteiger partial charge >= 0.3 is 5.97 Å². The highest BCUT2D eigenvalue weighted by Crippen LogP contribution is 2.21. The highest BCUT2D eigenvalue weighted by atomic mass is 16.4. The maximum Gasteiger partial charge on any atom is 0.337 e. The lowest BCUT2D eigenvalue weighted by Gasteiger charge is -2.29. The fourth-order valence-electron chi connectivity index (χ4n) is 2.35. The minimum Gasteiger partial charge on any atom is -0.478 e. The highest BCUT2D eigenvalue weighted by molar-refractivity contribution is 5.93. The number of nitrogens with zero attached hydrogens (tertiary/aromatic N) is 2. The zero-order valence-corrected chi connectivity index (χ0v) is 10.5. The first-order chi connectivity index (χ1) is 9.24. The van der Waals surface area contributed by atoms with Crippen molar-refractivity contribution in [3.05, 3.63) is 36.0 Å². The SMILES string of the molecule is O=C(O)c1cnc2cc(N3CCNCC3)ccc2c1. The number of aromatic carboxylic acids is 1. The average Bonchev–Trinajstić information content (AvgIpc) is 2.47. The van der Waals surface area contributed by atoms with Gasteiger partial charge in [-0.3, -0.25) is 4.98 Å². The van der Waals surface area contributed by atoms with Gasteiger partial charge in [0.15, 0.2) is 0 Å². The normalized spacial score (nSPS) is 15.7. The van der Waals surface area contributed by atoms with Crippen molar-refractivity contribution < 1.29 is 9.90 Å². The van der Waals surface area contributed by atoms with Crippen molar-refractivity contribution in [2.45, 2.75) is 0 Å². The van der Waals surface area contributed by atoms with Crippen molar-refractivity contribution in [2.75, 3.05) is 31.1 Å². The molecule has 5 heteroatoms. The Labute approximate surface area is 110 Å². The van der Waals surface area contributed by atoms with Crippen LogP contribution in [0.2, 0.25) is 0 Å². The predicted octanol–water partition coefficient (Wildman–Crippen LogP) is 1.34. The minimum absolute atomic E-state index is 0.224. The van der Waals surface area contributed by atoms with E-state index in [-0.39, 0.29) is 5.56 Å². The summed E-state index contributed by atoms with van der Waals surface area (Å²) in [4.78, 5) is 17.4. The van der Waals surface area contributed by atoms with Crippen LogP contribution in [0.5, 0.6) is 0 Å². The number of benzene rings is 1. The van der Waals surface area contributed by atoms with Crippen LogP contribution in [0.1, 0.15) is 10.4 Å². The lowest BCUT2D eigenvalue weighted by molar-refractivity contribution is 0.0696. The number of carboxylic acids is 1. The van der Waals surface area contributed by atoms with E-state index in [1.807, 2.05) is 18.2 Å². The van der Waals surface area contributed by atoms with Gasteiger partial charge < -0.3 is 15.3 Å². The molecule has 1 saturated heterocycles. The number of aromatic nitrogens is 1. The minimum atomic E-state index is -0.944. The Morgan fingerprint density at radius 3 is 2.79 bits per heavy atom. The van der Waals surface area contributed by atoms with Crippen LogP contribution in [0.25, 0.3) is 10.9 Å². The van der Waals surface area contributed by atoms with Gasteiger partial charge in [0.25, 0.3) is 0 Å². The van der Waals surface area contributed by atoms with E-state index in [9.17, 15) is 4.79 Å². The second-order valence-electron chi connectivity index (χ2n) is 4.64. The Morgan fingerprint density at radius 1 is 1.26 bits per heavy atom. The summed E-state index contributed by atoms with van der Waals surface area (Å²) in [6, 6.07) is 7.64. The molecule has 0 spiro atoms. The van der Waals surface area contributed by atoms with E-state index in [4.69, 9.17) is 5.11 Å². The first kappa shape index (κ1) is 11.9. The Balaban J connectivity index is 1.97. The summed E-state index contributed by atoms with van der Waals surface area (Å²) in [5.41, 5.74) is 2.20. The van der Waals surface area contributed by atoms with E-state index in [1.54, 1.807) is 6.07 Å². The number of pyridine rings is 1. The molecule has 2 N–H and O–H groups in total. The van der Waals surface area contributed by atoms with Crippen LogP contribution < -0.4 is 10.2 Å². The molecular formula is C14H15N3O2. The lowest BCUT2D eigenvalue weighted by atomic mass is 10.1. The molecule has 1 aromatic carbocycles. The number of fused-ring (bicyclic) bond motifs is 1. The summed E-state index contributed by atoms with van der Waals surface area (Å²) in [7, 11) is 0. The number of hydrogen-bond acceptors (Lipinski definition) is 4. The monoisotopic (exact) mass is 257 g/mol. The number of carbonyl (C=O) groups is 1. The van der Waals surface area contributed by atoms with Gasteiger partial charge in [-0.25, -0.2) is 4.79 Å². The molecule has 0 saturated carbocycles. The quantitative estimate of drug-likeness (QED) is 0.850. The van der Waals surface area contributed by atoms with Crippen LogP contribution in [-0.2, 0) is 0 Å². The van der Waals surface area contributed by atoms with E-state index in [1.165, 1.54) is 6.20 Å². The van der Waals surface area contributed by atoms with Crippen molar-refractivity contribution in [1.82, 2.24) is 10.3 Å². The van der Waals surface area contributed by atoms with Gasteiger partial charge in [0.2, 0.25) is 0 Å². The fourth-order valence-corrected chi connectivity index (χ4v) is 2.35. The van der Waals surface area contributed by atoms with E-state index in [0.29, 0.717) is 0 Å². The Bertz CT molecular complexity index is 621. The topological polar surface area (TPSA) is 65.5 Å². The summed E-state index contributed by atoms with van der Waals surface area (Å²) in [6.45, 7) is 3.95. The lowest BCUT2D eigenvalue weighted by Crippen LogP contribution is -2.43. The zero-order valence-electron chi connectivity index (χ0n) is 10.5. The van der Waals surface area contributed by atoms with Gasteiger partial charge in [-0.05, 0) is 18.2 Å². The van der Waals surface area contributed by atoms with Crippen LogP contribution in [0.4, 0.5) is 5.69 Å². The molecule has 1 fully saturated rings. The maximum atomic E-state index is 10.9. The summed E-state index contributed by atoms with van der Waals surface area (Å²) in [5, 5.41) is 13.1. The molecule has 3 rings (SSSR count). The first-order valence-corrected chi connectivity index (χ1v) is 6.33. The third kappa shape index (κ3) is 2.37. The summed E-state index contributed by atoms with van der Waals surface area (Å²) >= 11 is 0. The molecule has 2 heterocycles. The third-order valence-electron chi connectivity index (χ3n) is 3.40. The molecule has 0 bridgehead atoms. The van der Waals surface area contributed by atoms with Gasteiger partial charge in [-0.2, -0.15) is 0 Å². The Hall–Kier alpha value is -2.14. The van der Waals surface area contributed by atoms with E-state index >= 15 is 0 Å². The van der Waals surface area contributed by atoms with Crippen LogP contribution in [-0.4, -0.2) is 42.2 Å². The molecule has 0 radical (unpaired) electrons. The van der Waals surface area contributed by atoms with Gasteiger partial charge in [-0.1, -0.05) is 6.07 Å². The van der Waals surface area contributed by atoms with Crippen molar-refractivity contribution in [3.8, 4) is 0 Å². The van der Waals surface area contributed by atoms with Gasteiger partial charge in [0.1, 0.15) is 0 Å².